The summed E-state index contributed by atoms with van der Waals surface area (Å²) in [6.45, 7) is 9.16. The fourth-order valence-corrected chi connectivity index (χ4v) is 2.06. The van der Waals surface area contributed by atoms with E-state index >= 15 is 0 Å². The Balaban J connectivity index is 2.06. The van der Waals surface area contributed by atoms with Crippen molar-refractivity contribution in [2.45, 2.75) is 26.4 Å². The molecule has 0 unspecified atom stereocenters. The minimum atomic E-state index is -0.575. The smallest absolute Gasteiger partial charge is 0.375 e. The number of carbonyl (C=O) groups is 1. The minimum absolute atomic E-state index is 0.318. The van der Waals surface area contributed by atoms with Crippen molar-refractivity contribution >= 4 is 17.3 Å². The number of nitrogens with two attached hydrogens (primary N) is 1. The van der Waals surface area contributed by atoms with E-state index in [2.05, 4.69) is 10.2 Å². The zero-order valence-electron chi connectivity index (χ0n) is 12.8. The van der Waals surface area contributed by atoms with Crippen LogP contribution in [0.2, 0.25) is 0 Å². The lowest BCUT2D eigenvalue weighted by Crippen LogP contribution is -2.43. The van der Waals surface area contributed by atoms with Crippen molar-refractivity contribution in [2.24, 2.45) is 0 Å². The molecule has 1 saturated heterocycles. The van der Waals surface area contributed by atoms with Gasteiger partial charge in [0.1, 0.15) is 5.60 Å². The van der Waals surface area contributed by atoms with Crippen molar-refractivity contribution in [3.8, 4) is 0 Å². The number of hydrogen-bond acceptors (Lipinski definition) is 6. The van der Waals surface area contributed by atoms with E-state index < -0.39 is 11.6 Å². The highest BCUT2D eigenvalue weighted by Gasteiger charge is 2.19. The van der Waals surface area contributed by atoms with E-state index in [0.29, 0.717) is 11.3 Å². The summed E-state index contributed by atoms with van der Waals surface area (Å²) in [5.41, 5.74) is 7.15. The molecule has 1 aromatic rings. The Hall–Kier alpha value is -1.79. The molecule has 116 valence electrons. The molecule has 0 aliphatic carbocycles. The quantitative estimate of drug-likeness (QED) is 0.500. The number of rotatable bonds is 3. The first kappa shape index (κ1) is 15.6. The van der Waals surface area contributed by atoms with E-state index in [1.54, 1.807) is 32.9 Å². The maximum absolute atomic E-state index is 11.9. The molecule has 0 saturated carbocycles. The van der Waals surface area contributed by atoms with Gasteiger partial charge in [0.2, 0.25) is 0 Å². The monoisotopic (exact) mass is 293 g/mol. The summed E-state index contributed by atoms with van der Waals surface area (Å²) in [6, 6.07) is 5.37. The normalized spacial score (nSPS) is 15.9. The summed E-state index contributed by atoms with van der Waals surface area (Å²) in [5, 5.41) is 3.30. The molecular formula is C15H23N3O3. The summed E-state index contributed by atoms with van der Waals surface area (Å²) in [7, 11) is 0. The fraction of sp³-hybridized carbons (Fsp3) is 0.533. The number of hydrogen-bond donors (Lipinski definition) is 2. The molecule has 0 atom stereocenters. The number of nitrogen functional groups attached to an aromatic ring is 1. The second-order valence-corrected chi connectivity index (χ2v) is 6.08. The third-order valence-electron chi connectivity index (χ3n) is 3.10. The predicted molar refractivity (Wildman–Crippen MR) is 82.2 cm³/mol. The third kappa shape index (κ3) is 4.34. The topological polar surface area (TPSA) is 76.8 Å². The van der Waals surface area contributed by atoms with Crippen LogP contribution in [0, 0.1) is 0 Å². The van der Waals surface area contributed by atoms with Crippen LogP contribution in [0.1, 0.15) is 31.1 Å². The first-order valence-corrected chi connectivity index (χ1v) is 7.12. The molecular weight excluding hydrogens is 270 g/mol. The molecule has 2 rings (SSSR count). The summed E-state index contributed by atoms with van der Waals surface area (Å²) < 4.78 is 0. The lowest BCUT2D eigenvalue weighted by atomic mass is 10.1. The van der Waals surface area contributed by atoms with Crippen LogP contribution in [0.3, 0.4) is 0 Å². The van der Waals surface area contributed by atoms with E-state index in [1.807, 2.05) is 6.07 Å². The lowest BCUT2D eigenvalue weighted by molar-refractivity contribution is -0.301. The molecule has 0 bridgehead atoms. The highest BCUT2D eigenvalue weighted by molar-refractivity contribution is 5.95. The maximum Gasteiger partial charge on any atom is 0.375 e. The summed E-state index contributed by atoms with van der Waals surface area (Å²) in [6.07, 6.45) is 0. The van der Waals surface area contributed by atoms with Gasteiger partial charge in [0.25, 0.3) is 0 Å². The first-order chi connectivity index (χ1) is 9.87. The number of nitrogens with zero attached hydrogens (tertiary/aromatic N) is 1. The van der Waals surface area contributed by atoms with Gasteiger partial charge in [-0.3, -0.25) is 4.89 Å². The fourth-order valence-electron chi connectivity index (χ4n) is 2.06. The zero-order chi connectivity index (χ0) is 15.5. The SMILES string of the molecule is CC(C)(C)OOC(=O)c1ccc(N2CCNCC2)cc1N. The Morgan fingerprint density at radius 3 is 2.52 bits per heavy atom. The van der Waals surface area contributed by atoms with E-state index in [4.69, 9.17) is 15.5 Å². The van der Waals surface area contributed by atoms with E-state index in [9.17, 15) is 4.79 Å². The Labute approximate surface area is 125 Å². The predicted octanol–water partition coefficient (Wildman–Crippen LogP) is 1.57. The van der Waals surface area contributed by atoms with Gasteiger partial charge in [0, 0.05) is 37.6 Å². The average Bonchev–Trinajstić information content (AvgIpc) is 2.45. The van der Waals surface area contributed by atoms with Gasteiger partial charge in [-0.25, -0.2) is 4.79 Å². The van der Waals surface area contributed by atoms with Crippen LogP contribution in [0.25, 0.3) is 0 Å². The Bertz CT molecular complexity index is 505. The van der Waals surface area contributed by atoms with Crippen molar-refractivity contribution in [1.29, 1.82) is 0 Å². The minimum Gasteiger partial charge on any atom is -0.398 e. The molecule has 0 radical (unpaired) electrons. The van der Waals surface area contributed by atoms with E-state index in [-0.39, 0.29) is 0 Å². The molecule has 0 amide bonds. The van der Waals surface area contributed by atoms with E-state index in [1.165, 1.54) is 0 Å². The molecule has 21 heavy (non-hydrogen) atoms. The highest BCUT2D eigenvalue weighted by Crippen LogP contribution is 2.23. The van der Waals surface area contributed by atoms with Crippen LogP contribution < -0.4 is 16.0 Å². The molecule has 1 fully saturated rings. The lowest BCUT2D eigenvalue weighted by Gasteiger charge is -2.29. The van der Waals surface area contributed by atoms with Gasteiger partial charge in [-0.2, -0.15) is 4.89 Å². The Kier molecular flexibility index (Phi) is 4.69. The van der Waals surface area contributed by atoms with Crippen LogP contribution in [-0.2, 0) is 9.78 Å². The number of carbonyl (C=O) groups excluding carboxylic acids is 1. The van der Waals surface area contributed by atoms with Crippen molar-refractivity contribution < 1.29 is 14.6 Å². The Morgan fingerprint density at radius 2 is 1.95 bits per heavy atom. The molecule has 1 aliphatic heterocycles. The van der Waals surface area contributed by atoms with Gasteiger partial charge >= 0.3 is 5.97 Å². The first-order valence-electron chi connectivity index (χ1n) is 7.12. The zero-order valence-corrected chi connectivity index (χ0v) is 12.8. The van der Waals surface area contributed by atoms with Crippen molar-refractivity contribution in [3.05, 3.63) is 23.8 Å². The molecule has 6 nitrogen and oxygen atoms in total. The van der Waals surface area contributed by atoms with Gasteiger partial charge in [-0.15, -0.1) is 0 Å². The number of benzene rings is 1. The molecule has 1 aliphatic rings. The summed E-state index contributed by atoms with van der Waals surface area (Å²) in [4.78, 5) is 24.0. The standard InChI is InChI=1S/C15H23N3O3/c1-15(2,3)21-20-14(19)12-5-4-11(10-13(12)16)18-8-6-17-7-9-18/h4-5,10,17H,6-9,16H2,1-3H3. The molecule has 1 heterocycles. The van der Waals surface area contributed by atoms with Crippen molar-refractivity contribution in [2.75, 3.05) is 36.8 Å². The number of anilines is 2. The van der Waals surface area contributed by atoms with Crippen LogP contribution in [-0.4, -0.2) is 37.7 Å². The highest BCUT2D eigenvalue weighted by atomic mass is 17.2. The third-order valence-corrected chi connectivity index (χ3v) is 3.10. The van der Waals surface area contributed by atoms with Gasteiger partial charge in [-0.1, -0.05) is 0 Å². The number of nitrogens with one attached hydrogen (secondary N) is 1. The average molecular weight is 293 g/mol. The molecule has 3 N–H and O–H groups in total. The molecule has 1 aromatic carbocycles. The van der Waals surface area contributed by atoms with Crippen LogP contribution in [0.15, 0.2) is 18.2 Å². The molecule has 0 aromatic heterocycles. The van der Waals surface area contributed by atoms with Crippen molar-refractivity contribution in [1.82, 2.24) is 5.32 Å². The maximum atomic E-state index is 11.9. The molecule has 6 heteroatoms. The second kappa shape index (κ2) is 6.32. The largest absolute Gasteiger partial charge is 0.398 e. The summed E-state index contributed by atoms with van der Waals surface area (Å²) in [5.74, 6) is -0.575. The van der Waals surface area contributed by atoms with Gasteiger partial charge in [0.15, 0.2) is 0 Å². The Morgan fingerprint density at radius 1 is 1.29 bits per heavy atom. The number of piperazine rings is 1. The van der Waals surface area contributed by atoms with Crippen LogP contribution in [0.4, 0.5) is 11.4 Å². The van der Waals surface area contributed by atoms with Crippen LogP contribution in [0.5, 0.6) is 0 Å². The molecule has 0 spiro atoms. The van der Waals surface area contributed by atoms with E-state index in [0.717, 1.165) is 31.9 Å². The summed E-state index contributed by atoms with van der Waals surface area (Å²) >= 11 is 0. The second-order valence-electron chi connectivity index (χ2n) is 6.08. The van der Waals surface area contributed by atoms with Gasteiger partial charge in [0.05, 0.1) is 5.56 Å². The van der Waals surface area contributed by atoms with Gasteiger partial charge < -0.3 is 16.0 Å². The van der Waals surface area contributed by atoms with Gasteiger partial charge in [-0.05, 0) is 39.0 Å². The van der Waals surface area contributed by atoms with Crippen molar-refractivity contribution in [3.63, 3.8) is 0 Å². The van der Waals surface area contributed by atoms with Crippen LogP contribution >= 0.6 is 0 Å².